The topological polar surface area (TPSA) is 98.3 Å². The number of aryl methyl sites for hydroxylation is 1. The molecule has 0 aliphatic heterocycles. The lowest BCUT2D eigenvalue weighted by atomic mass is 10.2. The minimum Gasteiger partial charge on any atom is -0.384 e. The summed E-state index contributed by atoms with van der Waals surface area (Å²) < 4.78 is 0. The van der Waals surface area contributed by atoms with Crippen molar-refractivity contribution in [2.45, 2.75) is 13.3 Å². The Morgan fingerprint density at radius 3 is 2.75 bits per heavy atom. The number of non-ortho nitro benzene ring substituents is 1. The lowest BCUT2D eigenvalue weighted by Crippen LogP contribution is -2.15. The zero-order valence-corrected chi connectivity index (χ0v) is 8.90. The van der Waals surface area contributed by atoms with Crippen LogP contribution in [0.3, 0.4) is 0 Å². The van der Waals surface area contributed by atoms with Crippen LogP contribution in [-0.4, -0.2) is 17.4 Å². The number of benzene rings is 1. The number of primary amides is 1. The zero-order valence-electron chi connectivity index (χ0n) is 8.90. The second kappa shape index (κ2) is 5.11. The highest BCUT2D eigenvalue weighted by molar-refractivity contribution is 5.74. The molecule has 0 radical (unpaired) electrons. The molecule has 0 fully saturated rings. The predicted octanol–water partition coefficient (Wildman–Crippen LogP) is 1.19. The number of nitro benzene ring substituents is 1. The molecule has 0 aliphatic rings. The van der Waals surface area contributed by atoms with E-state index in [1.165, 1.54) is 12.1 Å². The van der Waals surface area contributed by atoms with E-state index in [-0.39, 0.29) is 12.1 Å². The van der Waals surface area contributed by atoms with Gasteiger partial charge >= 0.3 is 0 Å². The van der Waals surface area contributed by atoms with Gasteiger partial charge < -0.3 is 11.1 Å². The molecule has 3 N–H and O–H groups in total. The van der Waals surface area contributed by atoms with Crippen molar-refractivity contribution in [1.82, 2.24) is 0 Å². The molecule has 0 saturated carbocycles. The Balaban J connectivity index is 2.72. The van der Waals surface area contributed by atoms with Gasteiger partial charge in [-0.15, -0.1) is 0 Å². The van der Waals surface area contributed by atoms with Gasteiger partial charge in [0.1, 0.15) is 0 Å². The van der Waals surface area contributed by atoms with Gasteiger partial charge in [-0.1, -0.05) is 0 Å². The molecule has 0 atom stereocenters. The van der Waals surface area contributed by atoms with E-state index in [4.69, 9.17) is 5.73 Å². The molecule has 0 aromatic heterocycles. The highest BCUT2D eigenvalue weighted by atomic mass is 16.6. The Bertz CT molecular complexity index is 418. The van der Waals surface area contributed by atoms with Gasteiger partial charge in [-0.25, -0.2) is 0 Å². The zero-order chi connectivity index (χ0) is 12.1. The normalized spacial score (nSPS) is 9.81. The third-order valence-electron chi connectivity index (χ3n) is 1.97. The number of hydrogen-bond acceptors (Lipinski definition) is 4. The molecule has 1 aromatic carbocycles. The molecule has 0 heterocycles. The second-order valence-corrected chi connectivity index (χ2v) is 3.46. The number of amides is 1. The summed E-state index contributed by atoms with van der Waals surface area (Å²) in [5.74, 6) is -0.408. The fourth-order valence-corrected chi connectivity index (χ4v) is 1.30. The van der Waals surface area contributed by atoms with Crippen molar-refractivity contribution in [1.29, 1.82) is 0 Å². The van der Waals surface area contributed by atoms with E-state index in [0.29, 0.717) is 12.2 Å². The van der Waals surface area contributed by atoms with Crippen molar-refractivity contribution in [3.05, 3.63) is 33.9 Å². The molecule has 86 valence electrons. The van der Waals surface area contributed by atoms with E-state index in [0.717, 1.165) is 5.56 Å². The number of rotatable bonds is 5. The Labute approximate surface area is 92.6 Å². The number of nitrogens with two attached hydrogens (primary N) is 1. The summed E-state index contributed by atoms with van der Waals surface area (Å²) in [4.78, 5) is 20.6. The van der Waals surface area contributed by atoms with E-state index in [1.807, 2.05) is 0 Å². The smallest absolute Gasteiger partial charge is 0.271 e. The van der Waals surface area contributed by atoms with E-state index >= 15 is 0 Å². The second-order valence-electron chi connectivity index (χ2n) is 3.46. The molecule has 0 spiro atoms. The van der Waals surface area contributed by atoms with Gasteiger partial charge in [0.05, 0.1) is 4.92 Å². The molecule has 6 nitrogen and oxygen atoms in total. The van der Waals surface area contributed by atoms with Gasteiger partial charge in [-0.2, -0.15) is 0 Å². The summed E-state index contributed by atoms with van der Waals surface area (Å²) in [6, 6.07) is 4.68. The van der Waals surface area contributed by atoms with Crippen molar-refractivity contribution in [3.63, 3.8) is 0 Å². The highest BCUT2D eigenvalue weighted by Crippen LogP contribution is 2.20. The van der Waals surface area contributed by atoms with Crippen LogP contribution in [0.2, 0.25) is 0 Å². The van der Waals surface area contributed by atoms with Crippen molar-refractivity contribution < 1.29 is 9.72 Å². The van der Waals surface area contributed by atoms with Crippen LogP contribution in [0.5, 0.6) is 0 Å². The lowest BCUT2D eigenvalue weighted by Gasteiger charge is -2.05. The standard InChI is InChI=1S/C10H13N3O3/c1-7-4-8(12-3-2-10(11)14)6-9(5-7)13(15)16/h4-6,12H,2-3H2,1H3,(H2,11,14). The summed E-state index contributed by atoms with van der Waals surface area (Å²) >= 11 is 0. The molecule has 1 aromatic rings. The average Bonchev–Trinajstić information content (AvgIpc) is 2.16. The van der Waals surface area contributed by atoms with Gasteiger partial charge in [0.15, 0.2) is 0 Å². The van der Waals surface area contributed by atoms with Gasteiger partial charge in [0.25, 0.3) is 5.69 Å². The first kappa shape index (κ1) is 12.0. The van der Waals surface area contributed by atoms with Crippen LogP contribution in [-0.2, 0) is 4.79 Å². The summed E-state index contributed by atoms with van der Waals surface area (Å²) in [7, 11) is 0. The summed E-state index contributed by atoms with van der Waals surface area (Å²) in [5.41, 5.74) is 6.41. The maximum atomic E-state index is 10.6. The van der Waals surface area contributed by atoms with Gasteiger partial charge in [-0.3, -0.25) is 14.9 Å². The summed E-state index contributed by atoms with van der Waals surface area (Å²) in [6.45, 7) is 2.14. The molecule has 1 rings (SSSR count). The van der Waals surface area contributed by atoms with Crippen LogP contribution in [0.25, 0.3) is 0 Å². The molecular formula is C10H13N3O3. The number of nitrogens with one attached hydrogen (secondary N) is 1. The molecule has 0 aliphatic carbocycles. The van der Waals surface area contributed by atoms with Crippen molar-refractivity contribution >= 4 is 17.3 Å². The van der Waals surface area contributed by atoms with E-state index < -0.39 is 10.8 Å². The average molecular weight is 223 g/mol. The molecule has 0 saturated heterocycles. The molecular weight excluding hydrogens is 210 g/mol. The van der Waals surface area contributed by atoms with Crippen LogP contribution in [0.15, 0.2) is 18.2 Å². The minimum absolute atomic E-state index is 0.0292. The molecule has 0 unspecified atom stereocenters. The number of nitro groups is 1. The van der Waals surface area contributed by atoms with Crippen molar-refractivity contribution in [3.8, 4) is 0 Å². The lowest BCUT2D eigenvalue weighted by molar-refractivity contribution is -0.384. The van der Waals surface area contributed by atoms with Crippen molar-refractivity contribution in [2.24, 2.45) is 5.73 Å². The monoisotopic (exact) mass is 223 g/mol. The third kappa shape index (κ3) is 3.56. The maximum absolute atomic E-state index is 10.6. The Morgan fingerprint density at radius 2 is 2.19 bits per heavy atom. The Morgan fingerprint density at radius 1 is 1.50 bits per heavy atom. The maximum Gasteiger partial charge on any atom is 0.271 e. The minimum atomic E-state index is -0.452. The van der Waals surface area contributed by atoms with Crippen LogP contribution < -0.4 is 11.1 Å². The fraction of sp³-hybridized carbons (Fsp3) is 0.300. The number of anilines is 1. The Kier molecular flexibility index (Phi) is 3.82. The van der Waals surface area contributed by atoms with Gasteiger partial charge in [0, 0.05) is 30.8 Å². The molecule has 6 heteroatoms. The van der Waals surface area contributed by atoms with Gasteiger partial charge in [0.2, 0.25) is 5.91 Å². The number of carbonyl (C=O) groups excluding carboxylic acids is 1. The van der Waals surface area contributed by atoms with Crippen LogP contribution in [0, 0.1) is 17.0 Å². The van der Waals surface area contributed by atoms with Crippen LogP contribution in [0.4, 0.5) is 11.4 Å². The van der Waals surface area contributed by atoms with Crippen LogP contribution in [0.1, 0.15) is 12.0 Å². The summed E-state index contributed by atoms with van der Waals surface area (Å²) in [6.07, 6.45) is 0.196. The molecule has 0 bridgehead atoms. The first-order valence-corrected chi connectivity index (χ1v) is 4.77. The number of hydrogen-bond donors (Lipinski definition) is 2. The van der Waals surface area contributed by atoms with E-state index in [9.17, 15) is 14.9 Å². The summed E-state index contributed by atoms with van der Waals surface area (Å²) in [5, 5.41) is 13.5. The van der Waals surface area contributed by atoms with Gasteiger partial charge in [-0.05, 0) is 18.6 Å². The quantitative estimate of drug-likeness (QED) is 0.578. The van der Waals surface area contributed by atoms with Crippen molar-refractivity contribution in [2.75, 3.05) is 11.9 Å². The first-order chi connectivity index (χ1) is 7.49. The largest absolute Gasteiger partial charge is 0.384 e. The number of nitrogens with zero attached hydrogens (tertiary/aromatic N) is 1. The molecule has 1 amide bonds. The predicted molar refractivity (Wildman–Crippen MR) is 60.1 cm³/mol. The first-order valence-electron chi connectivity index (χ1n) is 4.77. The third-order valence-corrected chi connectivity index (χ3v) is 1.97. The number of carbonyl (C=O) groups is 1. The van der Waals surface area contributed by atoms with Crippen LogP contribution >= 0.6 is 0 Å². The fourth-order valence-electron chi connectivity index (χ4n) is 1.30. The SMILES string of the molecule is Cc1cc(NCCC(N)=O)cc([N+](=O)[O-])c1. The highest BCUT2D eigenvalue weighted by Gasteiger charge is 2.07. The van der Waals surface area contributed by atoms with E-state index in [1.54, 1.807) is 13.0 Å². The van der Waals surface area contributed by atoms with E-state index in [2.05, 4.69) is 5.32 Å². The molecule has 16 heavy (non-hydrogen) atoms. The Hall–Kier alpha value is -2.11.